The van der Waals surface area contributed by atoms with Crippen LogP contribution in [0.3, 0.4) is 0 Å². The number of pyridine rings is 1. The molecule has 0 amide bonds. The molecule has 27 heavy (non-hydrogen) atoms. The number of nitrogens with zero attached hydrogens (tertiary/aromatic N) is 3. The van der Waals surface area contributed by atoms with Gasteiger partial charge in [0.1, 0.15) is 11.6 Å². The second kappa shape index (κ2) is 6.85. The molecule has 1 aromatic carbocycles. The Kier molecular flexibility index (Phi) is 4.37. The molecule has 0 aliphatic rings. The lowest BCUT2D eigenvalue weighted by Crippen LogP contribution is -2.14. The van der Waals surface area contributed by atoms with Gasteiger partial charge in [-0.1, -0.05) is 22.8 Å². The van der Waals surface area contributed by atoms with Gasteiger partial charge in [-0.3, -0.25) is 4.98 Å². The Balaban J connectivity index is 1.77. The van der Waals surface area contributed by atoms with Crippen LogP contribution in [0.2, 0.25) is 5.02 Å². The number of hydrogen-bond donors (Lipinski definition) is 2. The molecule has 8 heteroatoms. The van der Waals surface area contributed by atoms with Crippen LogP contribution in [0, 0.1) is 13.8 Å². The van der Waals surface area contributed by atoms with Crippen molar-refractivity contribution in [3.63, 3.8) is 0 Å². The van der Waals surface area contributed by atoms with Crippen molar-refractivity contribution in [2.24, 2.45) is 0 Å². The Morgan fingerprint density at radius 1 is 1.22 bits per heavy atom. The van der Waals surface area contributed by atoms with Crippen LogP contribution in [0.15, 0.2) is 46.0 Å². The Bertz CT molecular complexity index is 1180. The number of nitrogens with one attached hydrogen (secondary N) is 2. The standard InChI is InChI=1S/C19H16ClN5O2/c1-10-17(11(2)27-25-10)13-3-4-16-15(6-13)18(24-19(26)23-16)22-8-12-5-14(20)9-21-7-12/h3-7,9H,8H2,1-2H3,(H2,22,23,24,26). The highest BCUT2D eigenvalue weighted by Crippen LogP contribution is 2.30. The predicted molar refractivity (Wildman–Crippen MR) is 104 cm³/mol. The summed E-state index contributed by atoms with van der Waals surface area (Å²) in [5.74, 6) is 1.23. The molecule has 3 heterocycles. The fourth-order valence-corrected chi connectivity index (χ4v) is 3.27. The SMILES string of the molecule is Cc1noc(C)c1-c1ccc2[nH]c(=O)nc(NCc3cncc(Cl)c3)c2c1. The number of aromatic nitrogens is 4. The lowest BCUT2D eigenvalue weighted by atomic mass is 10.0. The van der Waals surface area contributed by atoms with E-state index in [2.05, 4.69) is 25.4 Å². The fourth-order valence-electron chi connectivity index (χ4n) is 3.08. The zero-order valence-corrected chi connectivity index (χ0v) is 15.5. The second-order valence-electron chi connectivity index (χ2n) is 6.22. The lowest BCUT2D eigenvalue weighted by molar-refractivity contribution is 0.393. The van der Waals surface area contributed by atoms with Crippen LogP contribution < -0.4 is 11.0 Å². The van der Waals surface area contributed by atoms with E-state index in [9.17, 15) is 4.79 Å². The van der Waals surface area contributed by atoms with E-state index in [1.165, 1.54) is 0 Å². The zero-order chi connectivity index (χ0) is 19.0. The van der Waals surface area contributed by atoms with Crippen molar-refractivity contribution in [3.05, 3.63) is 69.2 Å². The van der Waals surface area contributed by atoms with E-state index in [1.807, 2.05) is 38.1 Å². The van der Waals surface area contributed by atoms with Gasteiger partial charge in [0.2, 0.25) is 0 Å². The highest BCUT2D eigenvalue weighted by Gasteiger charge is 2.14. The molecule has 0 unspecified atom stereocenters. The van der Waals surface area contributed by atoms with Gasteiger partial charge in [-0.2, -0.15) is 4.98 Å². The first-order valence-electron chi connectivity index (χ1n) is 8.32. The maximum Gasteiger partial charge on any atom is 0.347 e. The Morgan fingerprint density at radius 3 is 2.81 bits per heavy atom. The van der Waals surface area contributed by atoms with Gasteiger partial charge in [0.05, 0.1) is 16.2 Å². The number of fused-ring (bicyclic) bond motifs is 1. The van der Waals surface area contributed by atoms with Crippen molar-refractivity contribution >= 4 is 28.3 Å². The number of H-pyrrole nitrogens is 1. The van der Waals surface area contributed by atoms with Crippen LogP contribution in [-0.2, 0) is 6.54 Å². The molecule has 3 aromatic heterocycles. The molecule has 0 saturated heterocycles. The molecule has 0 bridgehead atoms. The van der Waals surface area contributed by atoms with Gasteiger partial charge in [-0.25, -0.2) is 4.79 Å². The lowest BCUT2D eigenvalue weighted by Gasteiger charge is -2.10. The molecule has 0 atom stereocenters. The third kappa shape index (κ3) is 3.41. The van der Waals surface area contributed by atoms with E-state index in [0.717, 1.165) is 33.5 Å². The van der Waals surface area contributed by atoms with E-state index < -0.39 is 5.69 Å². The number of benzene rings is 1. The van der Waals surface area contributed by atoms with E-state index in [4.69, 9.17) is 16.1 Å². The number of rotatable bonds is 4. The summed E-state index contributed by atoms with van der Waals surface area (Å²) in [6, 6.07) is 7.55. The zero-order valence-electron chi connectivity index (χ0n) is 14.7. The molecule has 7 nitrogen and oxygen atoms in total. The third-order valence-corrected chi connectivity index (χ3v) is 4.48. The molecule has 0 aliphatic carbocycles. The van der Waals surface area contributed by atoms with Crippen LogP contribution in [0.4, 0.5) is 5.82 Å². The minimum absolute atomic E-state index is 0.417. The van der Waals surface area contributed by atoms with Crippen LogP contribution in [0.1, 0.15) is 17.0 Å². The first-order chi connectivity index (χ1) is 13.0. The minimum Gasteiger partial charge on any atom is -0.365 e. The molecule has 2 N–H and O–H groups in total. The van der Waals surface area contributed by atoms with Gasteiger partial charge in [0.15, 0.2) is 0 Å². The van der Waals surface area contributed by atoms with Crippen LogP contribution >= 0.6 is 11.6 Å². The summed E-state index contributed by atoms with van der Waals surface area (Å²) in [6.07, 6.45) is 3.28. The number of halogens is 1. The van der Waals surface area contributed by atoms with Gasteiger partial charge in [0.25, 0.3) is 0 Å². The molecule has 136 valence electrons. The van der Waals surface area contributed by atoms with Gasteiger partial charge in [0, 0.05) is 29.9 Å². The van der Waals surface area contributed by atoms with Crippen molar-refractivity contribution in [3.8, 4) is 11.1 Å². The molecular weight excluding hydrogens is 366 g/mol. The highest BCUT2D eigenvalue weighted by molar-refractivity contribution is 6.30. The maximum absolute atomic E-state index is 11.9. The van der Waals surface area contributed by atoms with Crippen molar-refractivity contribution in [2.75, 3.05) is 5.32 Å². The normalized spacial score (nSPS) is 11.1. The molecular formula is C19H16ClN5O2. The van der Waals surface area contributed by atoms with Gasteiger partial charge < -0.3 is 14.8 Å². The van der Waals surface area contributed by atoms with Crippen LogP contribution in [-0.4, -0.2) is 20.1 Å². The first kappa shape index (κ1) is 17.2. The summed E-state index contributed by atoms with van der Waals surface area (Å²) < 4.78 is 5.27. The second-order valence-corrected chi connectivity index (χ2v) is 6.65. The summed E-state index contributed by atoms with van der Waals surface area (Å²) in [5, 5.41) is 8.56. The Labute approximate surface area is 159 Å². The van der Waals surface area contributed by atoms with Crippen molar-refractivity contribution in [2.45, 2.75) is 20.4 Å². The number of aromatic amines is 1. The summed E-state index contributed by atoms with van der Waals surface area (Å²) in [6.45, 7) is 4.21. The predicted octanol–water partition coefficient (Wildman–Crippen LogP) is 3.86. The quantitative estimate of drug-likeness (QED) is 0.557. The minimum atomic E-state index is -0.417. The van der Waals surface area contributed by atoms with E-state index in [-0.39, 0.29) is 0 Å². The molecule has 4 rings (SSSR count). The average molecular weight is 382 g/mol. The van der Waals surface area contributed by atoms with Crippen LogP contribution in [0.5, 0.6) is 0 Å². The van der Waals surface area contributed by atoms with Crippen molar-refractivity contribution in [1.29, 1.82) is 0 Å². The third-order valence-electron chi connectivity index (χ3n) is 4.27. The molecule has 0 radical (unpaired) electrons. The van der Waals surface area contributed by atoms with E-state index in [1.54, 1.807) is 12.4 Å². The van der Waals surface area contributed by atoms with E-state index in [0.29, 0.717) is 22.9 Å². The largest absolute Gasteiger partial charge is 0.365 e. The molecule has 0 saturated carbocycles. The van der Waals surface area contributed by atoms with Gasteiger partial charge in [-0.15, -0.1) is 0 Å². The summed E-state index contributed by atoms with van der Waals surface area (Å²) in [7, 11) is 0. The summed E-state index contributed by atoms with van der Waals surface area (Å²) in [5.41, 5.74) is 3.85. The highest BCUT2D eigenvalue weighted by atomic mass is 35.5. The maximum atomic E-state index is 11.9. The Morgan fingerprint density at radius 2 is 2.07 bits per heavy atom. The Hall–Kier alpha value is -3.19. The van der Waals surface area contributed by atoms with Gasteiger partial charge >= 0.3 is 5.69 Å². The number of aryl methyl sites for hydroxylation is 2. The monoisotopic (exact) mass is 381 g/mol. The average Bonchev–Trinajstić information content (AvgIpc) is 2.98. The molecule has 0 fully saturated rings. The van der Waals surface area contributed by atoms with Crippen molar-refractivity contribution in [1.82, 2.24) is 20.1 Å². The van der Waals surface area contributed by atoms with Gasteiger partial charge in [-0.05, 0) is 43.2 Å². The number of anilines is 1. The van der Waals surface area contributed by atoms with Crippen molar-refractivity contribution < 1.29 is 4.52 Å². The summed E-state index contributed by atoms with van der Waals surface area (Å²) >= 11 is 5.98. The van der Waals surface area contributed by atoms with E-state index >= 15 is 0 Å². The fraction of sp³-hybridized carbons (Fsp3) is 0.158. The topological polar surface area (TPSA) is 96.7 Å². The smallest absolute Gasteiger partial charge is 0.347 e. The summed E-state index contributed by atoms with van der Waals surface area (Å²) in [4.78, 5) is 22.8. The molecule has 0 aliphatic heterocycles. The molecule has 4 aromatic rings. The van der Waals surface area contributed by atoms with Crippen LogP contribution in [0.25, 0.3) is 22.0 Å². The molecule has 0 spiro atoms. The first-order valence-corrected chi connectivity index (χ1v) is 8.69. The number of hydrogen-bond acceptors (Lipinski definition) is 6.